The van der Waals surface area contributed by atoms with Crippen molar-refractivity contribution in [2.75, 3.05) is 36.8 Å². The van der Waals surface area contributed by atoms with Gasteiger partial charge in [-0.05, 0) is 51.3 Å². The number of halogens is 1. The fourth-order valence-electron chi connectivity index (χ4n) is 2.40. The van der Waals surface area contributed by atoms with Crippen LogP contribution in [-0.2, 0) is 0 Å². The highest BCUT2D eigenvalue weighted by Crippen LogP contribution is 2.19. The minimum Gasteiger partial charge on any atom is -0.354 e. The molecule has 0 spiro atoms. The van der Waals surface area contributed by atoms with Crippen LogP contribution in [0.3, 0.4) is 0 Å². The zero-order valence-electron chi connectivity index (χ0n) is 12.4. The van der Waals surface area contributed by atoms with Gasteiger partial charge in [-0.25, -0.2) is 0 Å². The molecule has 0 aliphatic carbocycles. The van der Waals surface area contributed by atoms with Crippen LogP contribution in [-0.4, -0.2) is 52.1 Å². The van der Waals surface area contributed by atoms with Crippen LogP contribution in [0.4, 0.5) is 11.9 Å². The van der Waals surface area contributed by atoms with Crippen molar-refractivity contribution < 1.29 is 0 Å². The van der Waals surface area contributed by atoms with Crippen molar-refractivity contribution >= 4 is 23.5 Å². The quantitative estimate of drug-likeness (QED) is 0.838. The molecule has 1 atom stereocenters. The van der Waals surface area contributed by atoms with Crippen molar-refractivity contribution in [2.45, 2.75) is 33.2 Å². The van der Waals surface area contributed by atoms with Crippen molar-refractivity contribution in [1.82, 2.24) is 19.9 Å². The molecule has 1 aliphatic heterocycles. The van der Waals surface area contributed by atoms with E-state index in [0.29, 0.717) is 23.9 Å². The molecule has 1 fully saturated rings. The van der Waals surface area contributed by atoms with Crippen LogP contribution in [0.1, 0.15) is 27.2 Å². The van der Waals surface area contributed by atoms with E-state index >= 15 is 0 Å². The number of nitrogens with zero attached hydrogens (tertiary/aromatic N) is 4. The zero-order chi connectivity index (χ0) is 14.5. The number of likely N-dealkylation sites (tertiary alicyclic amines) is 1. The first kappa shape index (κ1) is 15.3. The van der Waals surface area contributed by atoms with Gasteiger partial charge < -0.3 is 15.5 Å². The van der Waals surface area contributed by atoms with Crippen molar-refractivity contribution in [3.63, 3.8) is 0 Å². The summed E-state index contributed by atoms with van der Waals surface area (Å²) in [6.07, 6.45) is 1.21. The monoisotopic (exact) mass is 298 g/mol. The summed E-state index contributed by atoms with van der Waals surface area (Å²) in [7, 11) is 0. The SMILES string of the molecule is CCNc1nc(Cl)nc(NCC2CCN(C(C)C)C2)n1. The highest BCUT2D eigenvalue weighted by Gasteiger charge is 2.24. The predicted octanol–water partition coefficient (Wildman–Crippen LogP) is 2.10. The van der Waals surface area contributed by atoms with Gasteiger partial charge in [0.1, 0.15) is 0 Å². The van der Waals surface area contributed by atoms with Crippen molar-refractivity contribution in [2.24, 2.45) is 5.92 Å². The molecule has 1 aromatic heterocycles. The molecule has 2 heterocycles. The molecule has 1 aromatic rings. The van der Waals surface area contributed by atoms with E-state index in [2.05, 4.69) is 44.3 Å². The average Bonchev–Trinajstić information content (AvgIpc) is 2.85. The minimum absolute atomic E-state index is 0.216. The van der Waals surface area contributed by atoms with E-state index in [1.165, 1.54) is 13.0 Å². The molecule has 20 heavy (non-hydrogen) atoms. The van der Waals surface area contributed by atoms with Gasteiger partial charge in [0.15, 0.2) is 0 Å². The highest BCUT2D eigenvalue weighted by atomic mass is 35.5. The topological polar surface area (TPSA) is 66.0 Å². The zero-order valence-corrected chi connectivity index (χ0v) is 13.1. The van der Waals surface area contributed by atoms with Gasteiger partial charge >= 0.3 is 0 Å². The Morgan fingerprint density at radius 1 is 1.25 bits per heavy atom. The Morgan fingerprint density at radius 2 is 1.95 bits per heavy atom. The molecular weight excluding hydrogens is 276 g/mol. The summed E-state index contributed by atoms with van der Waals surface area (Å²) in [6, 6.07) is 0.618. The number of hydrogen-bond donors (Lipinski definition) is 2. The van der Waals surface area contributed by atoms with Gasteiger partial charge in [-0.1, -0.05) is 0 Å². The Kier molecular flexibility index (Phi) is 5.37. The van der Waals surface area contributed by atoms with Crippen LogP contribution in [0.5, 0.6) is 0 Å². The summed E-state index contributed by atoms with van der Waals surface area (Å²) in [5.41, 5.74) is 0. The number of hydrogen-bond acceptors (Lipinski definition) is 6. The molecule has 0 amide bonds. The molecule has 7 heteroatoms. The first-order valence-corrected chi connectivity index (χ1v) is 7.59. The highest BCUT2D eigenvalue weighted by molar-refractivity contribution is 6.28. The summed E-state index contributed by atoms with van der Waals surface area (Å²) in [5, 5.41) is 6.53. The van der Waals surface area contributed by atoms with Crippen LogP contribution in [0, 0.1) is 5.92 Å². The summed E-state index contributed by atoms with van der Waals surface area (Å²) in [5.74, 6) is 1.70. The maximum atomic E-state index is 5.90. The molecule has 0 bridgehead atoms. The summed E-state index contributed by atoms with van der Waals surface area (Å²) in [6.45, 7) is 10.4. The van der Waals surface area contributed by atoms with Crippen LogP contribution < -0.4 is 10.6 Å². The predicted molar refractivity (Wildman–Crippen MR) is 82.3 cm³/mol. The number of nitrogens with one attached hydrogen (secondary N) is 2. The second kappa shape index (κ2) is 7.04. The Bertz CT molecular complexity index is 439. The molecule has 112 valence electrons. The lowest BCUT2D eigenvalue weighted by Crippen LogP contribution is -2.29. The van der Waals surface area contributed by atoms with Gasteiger partial charge in [0.25, 0.3) is 0 Å². The lowest BCUT2D eigenvalue weighted by atomic mass is 10.1. The lowest BCUT2D eigenvalue weighted by Gasteiger charge is -2.20. The molecule has 6 nitrogen and oxygen atoms in total. The molecule has 1 saturated heterocycles. The third-order valence-electron chi connectivity index (χ3n) is 3.54. The first-order valence-electron chi connectivity index (χ1n) is 7.21. The van der Waals surface area contributed by atoms with Crippen LogP contribution in [0.2, 0.25) is 5.28 Å². The Hall–Kier alpha value is -1.14. The molecular formula is C13H23ClN6. The van der Waals surface area contributed by atoms with E-state index in [1.807, 2.05) is 6.92 Å². The Morgan fingerprint density at radius 3 is 2.55 bits per heavy atom. The van der Waals surface area contributed by atoms with E-state index < -0.39 is 0 Å². The van der Waals surface area contributed by atoms with Crippen molar-refractivity contribution in [1.29, 1.82) is 0 Å². The fourth-order valence-corrected chi connectivity index (χ4v) is 2.56. The first-order chi connectivity index (χ1) is 9.58. The molecule has 1 aliphatic rings. The van der Waals surface area contributed by atoms with Crippen LogP contribution in [0.25, 0.3) is 0 Å². The Labute approximate surface area is 125 Å². The van der Waals surface area contributed by atoms with E-state index in [0.717, 1.165) is 19.6 Å². The normalized spacial score (nSPS) is 19.6. The smallest absolute Gasteiger partial charge is 0.228 e. The summed E-state index contributed by atoms with van der Waals surface area (Å²) in [4.78, 5) is 14.9. The fraction of sp³-hybridized carbons (Fsp3) is 0.769. The third kappa shape index (κ3) is 4.18. The molecule has 0 radical (unpaired) electrons. The second-order valence-electron chi connectivity index (χ2n) is 5.41. The standard InChI is InChI=1S/C13H23ClN6/c1-4-15-12-17-11(14)18-13(19-12)16-7-10-5-6-20(8-10)9(2)3/h9-10H,4-8H2,1-3H3,(H2,15,16,17,18,19). The molecule has 0 saturated carbocycles. The van der Waals surface area contributed by atoms with Gasteiger partial charge in [0, 0.05) is 25.7 Å². The van der Waals surface area contributed by atoms with Gasteiger partial charge in [0.2, 0.25) is 17.2 Å². The van der Waals surface area contributed by atoms with E-state index in [1.54, 1.807) is 0 Å². The van der Waals surface area contributed by atoms with Gasteiger partial charge in [-0.15, -0.1) is 0 Å². The number of aromatic nitrogens is 3. The van der Waals surface area contributed by atoms with Crippen molar-refractivity contribution in [3.8, 4) is 0 Å². The third-order valence-corrected chi connectivity index (χ3v) is 3.71. The number of rotatable bonds is 6. The second-order valence-corrected chi connectivity index (χ2v) is 5.74. The van der Waals surface area contributed by atoms with Crippen LogP contribution in [0.15, 0.2) is 0 Å². The average molecular weight is 299 g/mol. The molecule has 2 rings (SSSR count). The number of anilines is 2. The van der Waals surface area contributed by atoms with Gasteiger partial charge in [-0.3, -0.25) is 0 Å². The maximum absolute atomic E-state index is 5.90. The lowest BCUT2D eigenvalue weighted by molar-refractivity contribution is 0.266. The van der Waals surface area contributed by atoms with Gasteiger partial charge in [-0.2, -0.15) is 15.0 Å². The maximum Gasteiger partial charge on any atom is 0.228 e. The van der Waals surface area contributed by atoms with Gasteiger partial charge in [0.05, 0.1) is 0 Å². The van der Waals surface area contributed by atoms with E-state index in [4.69, 9.17) is 11.6 Å². The van der Waals surface area contributed by atoms with E-state index in [-0.39, 0.29) is 5.28 Å². The largest absolute Gasteiger partial charge is 0.354 e. The Balaban J connectivity index is 1.88. The summed E-state index contributed by atoms with van der Waals surface area (Å²) < 4.78 is 0. The molecule has 0 aromatic carbocycles. The minimum atomic E-state index is 0.216. The van der Waals surface area contributed by atoms with E-state index in [9.17, 15) is 0 Å². The summed E-state index contributed by atoms with van der Waals surface area (Å²) >= 11 is 5.90. The molecule has 2 N–H and O–H groups in total. The van der Waals surface area contributed by atoms with Crippen molar-refractivity contribution in [3.05, 3.63) is 5.28 Å². The van der Waals surface area contributed by atoms with Crippen LogP contribution >= 0.6 is 11.6 Å². The molecule has 1 unspecified atom stereocenters.